The molecule has 0 bridgehead atoms. The van der Waals surface area contributed by atoms with E-state index >= 15 is 0 Å². The van der Waals surface area contributed by atoms with Crippen LogP contribution in [0.2, 0.25) is 0 Å². The first-order valence-corrected chi connectivity index (χ1v) is 5.30. The average Bonchev–Trinajstić information content (AvgIpc) is 2.30. The zero-order chi connectivity index (χ0) is 12.2. The van der Waals surface area contributed by atoms with Crippen molar-refractivity contribution in [2.75, 3.05) is 18.5 Å². The van der Waals surface area contributed by atoms with Crippen molar-refractivity contribution < 1.29 is 13.9 Å². The van der Waals surface area contributed by atoms with Gasteiger partial charge in [0.25, 0.3) is 0 Å². The minimum Gasteiger partial charge on any atom is -0.396 e. The number of benzene rings is 1. The summed E-state index contributed by atoms with van der Waals surface area (Å²) >= 11 is 0. The zero-order valence-corrected chi connectivity index (χ0v) is 9.56. The molecule has 1 aromatic carbocycles. The number of nitrogens with one attached hydrogen (secondary N) is 1. The third-order valence-corrected chi connectivity index (χ3v) is 2.87. The van der Waals surface area contributed by atoms with Gasteiger partial charge in [0.15, 0.2) is 0 Å². The Balaban J connectivity index is 2.70. The molecular formula is C12H17F2NO. The van der Waals surface area contributed by atoms with Gasteiger partial charge in [0.1, 0.15) is 11.6 Å². The van der Waals surface area contributed by atoms with Crippen molar-refractivity contribution in [3.05, 3.63) is 29.8 Å². The van der Waals surface area contributed by atoms with Crippen LogP contribution in [-0.4, -0.2) is 18.3 Å². The van der Waals surface area contributed by atoms with E-state index in [1.807, 2.05) is 13.8 Å². The zero-order valence-electron chi connectivity index (χ0n) is 9.56. The van der Waals surface area contributed by atoms with Gasteiger partial charge in [-0.05, 0) is 24.6 Å². The lowest BCUT2D eigenvalue weighted by Crippen LogP contribution is -2.29. The molecule has 1 atom stereocenters. The summed E-state index contributed by atoms with van der Waals surface area (Å²) < 4.78 is 26.1. The number of anilines is 1. The third-order valence-electron chi connectivity index (χ3n) is 2.87. The third kappa shape index (κ3) is 3.17. The molecule has 1 unspecified atom stereocenters. The number of hydrogen-bond acceptors (Lipinski definition) is 2. The number of aliphatic hydroxyl groups is 1. The second-order valence-electron chi connectivity index (χ2n) is 4.30. The summed E-state index contributed by atoms with van der Waals surface area (Å²) in [4.78, 5) is 0. The maximum absolute atomic E-state index is 13.3. The van der Waals surface area contributed by atoms with Crippen LogP contribution in [0.15, 0.2) is 18.2 Å². The minimum atomic E-state index is -0.488. The van der Waals surface area contributed by atoms with Crippen LogP contribution in [0.25, 0.3) is 0 Å². The van der Waals surface area contributed by atoms with Crippen molar-refractivity contribution in [2.45, 2.75) is 20.3 Å². The van der Waals surface area contributed by atoms with Gasteiger partial charge in [-0.1, -0.05) is 13.8 Å². The standard InChI is InChI=1S/C12H17F2NO/c1-3-12(2,8-16)7-15-11-6-9(13)4-5-10(11)14/h4-6,15-16H,3,7-8H2,1-2H3. The van der Waals surface area contributed by atoms with Gasteiger partial charge < -0.3 is 10.4 Å². The molecule has 0 radical (unpaired) electrons. The Morgan fingerprint density at radius 1 is 1.38 bits per heavy atom. The molecule has 0 amide bonds. The van der Waals surface area contributed by atoms with Gasteiger partial charge in [0, 0.05) is 12.0 Å². The van der Waals surface area contributed by atoms with E-state index in [0.29, 0.717) is 6.54 Å². The van der Waals surface area contributed by atoms with Gasteiger partial charge in [-0.2, -0.15) is 0 Å². The van der Waals surface area contributed by atoms with Gasteiger partial charge >= 0.3 is 0 Å². The predicted molar refractivity (Wildman–Crippen MR) is 60.3 cm³/mol. The molecule has 4 heteroatoms. The van der Waals surface area contributed by atoms with Crippen molar-refractivity contribution in [1.29, 1.82) is 0 Å². The van der Waals surface area contributed by atoms with Crippen LogP contribution in [0.5, 0.6) is 0 Å². The van der Waals surface area contributed by atoms with E-state index < -0.39 is 11.6 Å². The van der Waals surface area contributed by atoms with Crippen LogP contribution < -0.4 is 5.32 Å². The minimum absolute atomic E-state index is 0.00738. The van der Waals surface area contributed by atoms with Crippen LogP contribution in [0.3, 0.4) is 0 Å². The quantitative estimate of drug-likeness (QED) is 0.813. The van der Waals surface area contributed by atoms with E-state index in [1.54, 1.807) is 0 Å². The molecule has 0 saturated heterocycles. The van der Waals surface area contributed by atoms with E-state index in [-0.39, 0.29) is 17.7 Å². The van der Waals surface area contributed by atoms with Crippen molar-refractivity contribution in [3.63, 3.8) is 0 Å². The number of hydrogen-bond donors (Lipinski definition) is 2. The van der Waals surface area contributed by atoms with E-state index in [4.69, 9.17) is 0 Å². The van der Waals surface area contributed by atoms with Gasteiger partial charge in [0.05, 0.1) is 12.3 Å². The normalized spacial score (nSPS) is 14.6. The molecule has 0 aromatic heterocycles. The first-order valence-electron chi connectivity index (χ1n) is 5.30. The molecule has 0 heterocycles. The second kappa shape index (κ2) is 5.25. The summed E-state index contributed by atoms with van der Waals surface area (Å²) in [6, 6.07) is 3.27. The molecule has 0 aliphatic carbocycles. The van der Waals surface area contributed by atoms with Crippen LogP contribution in [0, 0.1) is 17.0 Å². The number of aliphatic hydroxyl groups excluding tert-OH is 1. The number of rotatable bonds is 5. The monoisotopic (exact) mass is 229 g/mol. The Morgan fingerprint density at radius 3 is 2.62 bits per heavy atom. The lowest BCUT2D eigenvalue weighted by Gasteiger charge is -2.26. The van der Waals surface area contributed by atoms with Gasteiger partial charge in [-0.3, -0.25) is 0 Å². The van der Waals surface area contributed by atoms with Gasteiger partial charge in [0.2, 0.25) is 0 Å². The summed E-state index contributed by atoms with van der Waals surface area (Å²) in [6.07, 6.45) is 0.757. The SMILES string of the molecule is CCC(C)(CO)CNc1cc(F)ccc1F. The van der Waals surface area contributed by atoms with Crippen molar-refractivity contribution >= 4 is 5.69 Å². The molecule has 0 aliphatic heterocycles. The van der Waals surface area contributed by atoms with E-state index in [9.17, 15) is 13.9 Å². The molecule has 1 aromatic rings. The van der Waals surface area contributed by atoms with Gasteiger partial charge in [-0.25, -0.2) is 8.78 Å². The second-order valence-corrected chi connectivity index (χ2v) is 4.30. The van der Waals surface area contributed by atoms with Crippen molar-refractivity contribution in [1.82, 2.24) is 0 Å². The number of halogens is 2. The highest BCUT2D eigenvalue weighted by molar-refractivity contribution is 5.45. The smallest absolute Gasteiger partial charge is 0.146 e. The van der Waals surface area contributed by atoms with E-state index in [0.717, 1.165) is 24.6 Å². The average molecular weight is 229 g/mol. The Morgan fingerprint density at radius 2 is 2.06 bits per heavy atom. The van der Waals surface area contributed by atoms with Gasteiger partial charge in [-0.15, -0.1) is 0 Å². The summed E-state index contributed by atoms with van der Waals surface area (Å²) in [5, 5.41) is 12.0. The first kappa shape index (κ1) is 12.9. The Labute approximate surface area is 94.3 Å². The molecule has 90 valence electrons. The molecule has 2 nitrogen and oxygen atoms in total. The largest absolute Gasteiger partial charge is 0.396 e. The van der Waals surface area contributed by atoms with Crippen LogP contribution in [0.4, 0.5) is 14.5 Å². The maximum Gasteiger partial charge on any atom is 0.146 e. The topological polar surface area (TPSA) is 32.3 Å². The highest BCUT2D eigenvalue weighted by atomic mass is 19.1. The summed E-state index contributed by atoms with van der Waals surface area (Å²) in [5.41, 5.74) is -0.188. The Kier molecular flexibility index (Phi) is 4.24. The van der Waals surface area contributed by atoms with Crippen molar-refractivity contribution in [3.8, 4) is 0 Å². The molecule has 0 saturated carbocycles. The lowest BCUT2D eigenvalue weighted by molar-refractivity contribution is 0.149. The molecular weight excluding hydrogens is 212 g/mol. The molecule has 0 aliphatic rings. The molecule has 2 N–H and O–H groups in total. The first-order chi connectivity index (χ1) is 7.50. The predicted octanol–water partition coefficient (Wildman–Crippen LogP) is 2.79. The van der Waals surface area contributed by atoms with Crippen LogP contribution in [0.1, 0.15) is 20.3 Å². The highest BCUT2D eigenvalue weighted by Gasteiger charge is 2.21. The fraction of sp³-hybridized carbons (Fsp3) is 0.500. The lowest BCUT2D eigenvalue weighted by atomic mass is 9.88. The fourth-order valence-electron chi connectivity index (χ4n) is 1.23. The van der Waals surface area contributed by atoms with E-state index in [2.05, 4.69) is 5.32 Å². The molecule has 0 fully saturated rings. The highest BCUT2D eigenvalue weighted by Crippen LogP contribution is 2.22. The van der Waals surface area contributed by atoms with Crippen molar-refractivity contribution in [2.24, 2.45) is 5.41 Å². The fourth-order valence-corrected chi connectivity index (χ4v) is 1.23. The van der Waals surface area contributed by atoms with Crippen LogP contribution in [-0.2, 0) is 0 Å². The molecule has 0 spiro atoms. The Hall–Kier alpha value is -1.16. The van der Waals surface area contributed by atoms with E-state index in [1.165, 1.54) is 0 Å². The maximum atomic E-state index is 13.3. The summed E-state index contributed by atoms with van der Waals surface area (Å²) in [6.45, 7) is 4.24. The summed E-state index contributed by atoms with van der Waals surface area (Å²) in [5.74, 6) is -0.969. The summed E-state index contributed by atoms with van der Waals surface area (Å²) in [7, 11) is 0. The molecule has 1 rings (SSSR count). The van der Waals surface area contributed by atoms with Crippen LogP contribution >= 0.6 is 0 Å². The molecule has 16 heavy (non-hydrogen) atoms. The Bertz CT molecular complexity index is 351.